The van der Waals surface area contributed by atoms with E-state index in [4.69, 9.17) is 0 Å². The van der Waals surface area contributed by atoms with Crippen LogP contribution in [0.1, 0.15) is 21.5 Å². The van der Waals surface area contributed by atoms with Gasteiger partial charge in [-0.3, -0.25) is 4.79 Å². The Kier molecular flexibility index (Phi) is 4.93. The lowest BCUT2D eigenvalue weighted by Crippen LogP contribution is -2.21. The van der Waals surface area contributed by atoms with Crippen molar-refractivity contribution in [1.29, 1.82) is 0 Å². The van der Waals surface area contributed by atoms with E-state index in [1.54, 1.807) is 18.2 Å². The highest BCUT2D eigenvalue weighted by Crippen LogP contribution is 2.20. The number of hydrogen-bond acceptors (Lipinski definition) is 2. The van der Waals surface area contributed by atoms with Crippen molar-refractivity contribution >= 4 is 17.3 Å². The van der Waals surface area contributed by atoms with Crippen LogP contribution in [0.15, 0.2) is 42.5 Å². The van der Waals surface area contributed by atoms with Gasteiger partial charge in [0.25, 0.3) is 5.91 Å². The summed E-state index contributed by atoms with van der Waals surface area (Å²) in [7, 11) is 0. The summed E-state index contributed by atoms with van der Waals surface area (Å²) < 4.78 is 36.7. The van der Waals surface area contributed by atoms with E-state index in [9.17, 15) is 18.0 Å². The van der Waals surface area contributed by atoms with Gasteiger partial charge in [-0.2, -0.15) is 13.2 Å². The number of rotatable bonds is 4. The molecule has 0 aromatic heterocycles. The SMILES string of the molecule is Cc1ccc(C(=O)Nc2cccc(NCC(F)(F)F)c2)c(C)c1. The fourth-order valence-electron chi connectivity index (χ4n) is 2.18. The molecule has 6 heteroatoms. The van der Waals surface area contributed by atoms with Gasteiger partial charge in [0.2, 0.25) is 0 Å². The lowest BCUT2D eigenvalue weighted by molar-refractivity contribution is -0.115. The molecule has 0 spiro atoms. The number of carbonyl (C=O) groups is 1. The van der Waals surface area contributed by atoms with Crippen molar-refractivity contribution in [3.8, 4) is 0 Å². The summed E-state index contributed by atoms with van der Waals surface area (Å²) in [6.07, 6.45) is -4.29. The van der Waals surface area contributed by atoms with Gasteiger partial charge in [0.15, 0.2) is 0 Å². The molecular weight excluding hydrogens is 305 g/mol. The van der Waals surface area contributed by atoms with Crippen molar-refractivity contribution in [2.45, 2.75) is 20.0 Å². The predicted octanol–water partition coefficient (Wildman–Crippen LogP) is 4.53. The molecule has 2 aromatic rings. The molecule has 2 rings (SSSR count). The average molecular weight is 322 g/mol. The zero-order chi connectivity index (χ0) is 17.0. The molecule has 0 saturated carbocycles. The second-order valence-electron chi connectivity index (χ2n) is 5.32. The summed E-state index contributed by atoms with van der Waals surface area (Å²) in [4.78, 5) is 12.3. The molecule has 0 atom stereocenters. The second kappa shape index (κ2) is 6.73. The lowest BCUT2D eigenvalue weighted by atomic mass is 10.1. The summed E-state index contributed by atoms with van der Waals surface area (Å²) in [5, 5.41) is 4.98. The van der Waals surface area contributed by atoms with Gasteiger partial charge < -0.3 is 10.6 Å². The minimum atomic E-state index is -4.29. The Bertz CT molecular complexity index is 711. The fourth-order valence-corrected chi connectivity index (χ4v) is 2.18. The van der Waals surface area contributed by atoms with E-state index in [0.29, 0.717) is 16.9 Å². The molecule has 2 aromatic carbocycles. The fraction of sp³-hybridized carbons (Fsp3) is 0.235. The largest absolute Gasteiger partial charge is 0.405 e. The third-order valence-electron chi connectivity index (χ3n) is 3.24. The number of anilines is 2. The first-order chi connectivity index (χ1) is 10.7. The first kappa shape index (κ1) is 16.9. The Labute approximate surface area is 132 Å². The van der Waals surface area contributed by atoms with Crippen LogP contribution in [-0.2, 0) is 0 Å². The van der Waals surface area contributed by atoms with Crippen LogP contribution in [0, 0.1) is 13.8 Å². The van der Waals surface area contributed by atoms with E-state index < -0.39 is 12.7 Å². The average Bonchev–Trinajstić information content (AvgIpc) is 2.44. The zero-order valence-electron chi connectivity index (χ0n) is 12.8. The van der Waals surface area contributed by atoms with Crippen molar-refractivity contribution in [3.63, 3.8) is 0 Å². The van der Waals surface area contributed by atoms with Gasteiger partial charge in [-0.15, -0.1) is 0 Å². The Hall–Kier alpha value is -2.50. The second-order valence-corrected chi connectivity index (χ2v) is 5.32. The number of alkyl halides is 3. The van der Waals surface area contributed by atoms with Crippen LogP contribution in [0.3, 0.4) is 0 Å². The highest BCUT2D eigenvalue weighted by molar-refractivity contribution is 6.05. The van der Waals surface area contributed by atoms with Gasteiger partial charge >= 0.3 is 6.18 Å². The van der Waals surface area contributed by atoms with Gasteiger partial charge in [-0.25, -0.2) is 0 Å². The van der Waals surface area contributed by atoms with Crippen LogP contribution in [0.4, 0.5) is 24.5 Å². The third kappa shape index (κ3) is 5.02. The minimum absolute atomic E-state index is 0.292. The van der Waals surface area contributed by atoms with Crippen LogP contribution in [0.2, 0.25) is 0 Å². The highest BCUT2D eigenvalue weighted by atomic mass is 19.4. The van der Waals surface area contributed by atoms with Crippen LogP contribution < -0.4 is 10.6 Å². The third-order valence-corrected chi connectivity index (χ3v) is 3.24. The number of benzene rings is 2. The van der Waals surface area contributed by atoms with E-state index in [-0.39, 0.29) is 5.91 Å². The molecular formula is C17H17F3N2O. The first-order valence-corrected chi connectivity index (χ1v) is 7.04. The minimum Gasteiger partial charge on any atom is -0.376 e. The number of carbonyl (C=O) groups excluding carboxylic acids is 1. The Balaban J connectivity index is 2.09. The molecule has 0 radical (unpaired) electrons. The number of halogens is 3. The van der Waals surface area contributed by atoms with Crippen molar-refractivity contribution < 1.29 is 18.0 Å². The van der Waals surface area contributed by atoms with E-state index in [2.05, 4.69) is 10.6 Å². The molecule has 0 aliphatic carbocycles. The van der Waals surface area contributed by atoms with Crippen molar-refractivity contribution in [2.75, 3.05) is 17.2 Å². The van der Waals surface area contributed by atoms with E-state index in [1.807, 2.05) is 26.0 Å². The molecule has 2 N–H and O–H groups in total. The maximum atomic E-state index is 12.3. The number of nitrogens with one attached hydrogen (secondary N) is 2. The summed E-state index contributed by atoms with van der Waals surface area (Å²) in [5.41, 5.74) is 3.15. The number of aryl methyl sites for hydroxylation is 2. The van der Waals surface area contributed by atoms with Crippen LogP contribution in [-0.4, -0.2) is 18.6 Å². The Morgan fingerprint density at radius 3 is 2.39 bits per heavy atom. The maximum Gasteiger partial charge on any atom is 0.405 e. The normalized spacial score (nSPS) is 11.2. The van der Waals surface area contributed by atoms with E-state index in [1.165, 1.54) is 12.1 Å². The molecule has 0 heterocycles. The topological polar surface area (TPSA) is 41.1 Å². The standard InChI is InChI=1S/C17H17F3N2O/c1-11-6-7-15(12(2)8-11)16(23)22-14-5-3-4-13(9-14)21-10-17(18,19)20/h3-9,21H,10H2,1-2H3,(H,22,23). The summed E-state index contributed by atoms with van der Waals surface area (Å²) in [6.45, 7) is 2.65. The van der Waals surface area contributed by atoms with Gasteiger partial charge in [0, 0.05) is 16.9 Å². The molecule has 3 nitrogen and oxygen atoms in total. The van der Waals surface area contributed by atoms with E-state index >= 15 is 0 Å². The molecule has 0 bridgehead atoms. The van der Waals surface area contributed by atoms with Crippen molar-refractivity contribution in [3.05, 3.63) is 59.2 Å². The monoisotopic (exact) mass is 322 g/mol. The Morgan fingerprint density at radius 2 is 1.74 bits per heavy atom. The quantitative estimate of drug-likeness (QED) is 0.868. The maximum absolute atomic E-state index is 12.3. The molecule has 122 valence electrons. The Morgan fingerprint density at radius 1 is 1.04 bits per heavy atom. The molecule has 0 aliphatic heterocycles. The van der Waals surface area contributed by atoms with Gasteiger partial charge in [-0.1, -0.05) is 23.8 Å². The van der Waals surface area contributed by atoms with E-state index in [0.717, 1.165) is 11.1 Å². The van der Waals surface area contributed by atoms with Crippen LogP contribution in [0.25, 0.3) is 0 Å². The smallest absolute Gasteiger partial charge is 0.376 e. The number of hydrogen-bond donors (Lipinski definition) is 2. The molecule has 0 aliphatic rings. The zero-order valence-corrected chi connectivity index (χ0v) is 12.8. The van der Waals surface area contributed by atoms with Gasteiger partial charge in [0.1, 0.15) is 6.54 Å². The predicted molar refractivity (Wildman–Crippen MR) is 84.9 cm³/mol. The molecule has 23 heavy (non-hydrogen) atoms. The van der Waals surface area contributed by atoms with Gasteiger partial charge in [-0.05, 0) is 43.7 Å². The summed E-state index contributed by atoms with van der Waals surface area (Å²) in [6, 6.07) is 11.6. The van der Waals surface area contributed by atoms with Crippen LogP contribution in [0.5, 0.6) is 0 Å². The summed E-state index contributed by atoms with van der Waals surface area (Å²) >= 11 is 0. The number of amides is 1. The molecule has 0 unspecified atom stereocenters. The van der Waals surface area contributed by atoms with Crippen LogP contribution >= 0.6 is 0 Å². The highest BCUT2D eigenvalue weighted by Gasteiger charge is 2.26. The lowest BCUT2D eigenvalue weighted by Gasteiger charge is -2.12. The first-order valence-electron chi connectivity index (χ1n) is 7.04. The molecule has 0 saturated heterocycles. The van der Waals surface area contributed by atoms with Gasteiger partial charge in [0.05, 0.1) is 0 Å². The molecule has 1 amide bonds. The summed E-state index contributed by atoms with van der Waals surface area (Å²) in [5.74, 6) is -0.296. The molecule has 0 fully saturated rings. The van der Waals surface area contributed by atoms with Crippen molar-refractivity contribution in [1.82, 2.24) is 0 Å². The van der Waals surface area contributed by atoms with Crippen molar-refractivity contribution in [2.24, 2.45) is 0 Å².